The molecule has 2 saturated heterocycles. The molecule has 0 spiro atoms. The lowest BCUT2D eigenvalue weighted by atomic mass is 10.1. The van der Waals surface area contributed by atoms with E-state index in [0.717, 1.165) is 51.6 Å². The van der Waals surface area contributed by atoms with E-state index in [-0.39, 0.29) is 0 Å². The summed E-state index contributed by atoms with van der Waals surface area (Å²) < 4.78 is 16.9. The Morgan fingerprint density at radius 2 is 1.84 bits per heavy atom. The van der Waals surface area contributed by atoms with Crippen LogP contribution in [0.3, 0.4) is 0 Å². The molecule has 2 fully saturated rings. The van der Waals surface area contributed by atoms with E-state index in [1.54, 1.807) is 6.21 Å². The summed E-state index contributed by atoms with van der Waals surface area (Å²) in [5.41, 5.74) is 9.76. The number of benzene rings is 1. The van der Waals surface area contributed by atoms with Crippen LogP contribution in [0, 0.1) is 13.8 Å². The summed E-state index contributed by atoms with van der Waals surface area (Å²) in [5, 5.41) is 8.44. The Labute approximate surface area is 189 Å². The van der Waals surface area contributed by atoms with Gasteiger partial charge < -0.3 is 14.2 Å². The van der Waals surface area contributed by atoms with Gasteiger partial charge in [0.05, 0.1) is 38.3 Å². The van der Waals surface area contributed by atoms with Crippen molar-refractivity contribution >= 4 is 17.7 Å². The number of amidine groups is 1. The van der Waals surface area contributed by atoms with Gasteiger partial charge in [-0.3, -0.25) is 15.8 Å². The van der Waals surface area contributed by atoms with Crippen LogP contribution in [0.2, 0.25) is 0 Å². The maximum atomic E-state index is 6.00. The van der Waals surface area contributed by atoms with Crippen molar-refractivity contribution in [3.8, 4) is 0 Å². The average molecular weight is 444 g/mol. The Kier molecular flexibility index (Phi) is 7.94. The Balaban J connectivity index is 1.38. The molecule has 0 aliphatic carbocycles. The topological polar surface area (TPSA) is 86.2 Å². The molecule has 0 saturated carbocycles. The zero-order valence-corrected chi connectivity index (χ0v) is 18.9. The summed E-state index contributed by atoms with van der Waals surface area (Å²) in [6, 6.07) is 6.16. The van der Waals surface area contributed by atoms with E-state index >= 15 is 0 Å². The minimum atomic E-state index is 0.552. The predicted octanol–water partition coefficient (Wildman–Crippen LogP) is 1.31. The number of hydrogen-bond donors (Lipinski definition) is 2. The first-order valence-electron chi connectivity index (χ1n) is 11.2. The first-order valence-corrected chi connectivity index (χ1v) is 11.2. The standard InChI is InChI=1S/C22H33N7O3/c1-18-3-4-20(15-19(18)2)25-23-16-21-24-22(32-14-7-27-5-10-30-11-6-27)17-29(26-21)28-8-12-31-13-9-28/h3-4,15-17,25H,5-14H2,1-2H3,(H,24,26). The summed E-state index contributed by atoms with van der Waals surface area (Å²) in [4.78, 5) is 6.92. The van der Waals surface area contributed by atoms with Gasteiger partial charge >= 0.3 is 0 Å². The van der Waals surface area contributed by atoms with Gasteiger partial charge in [0.15, 0.2) is 5.84 Å². The lowest BCUT2D eigenvalue weighted by Gasteiger charge is -2.38. The number of ether oxygens (including phenoxy) is 3. The predicted molar refractivity (Wildman–Crippen MR) is 124 cm³/mol. The van der Waals surface area contributed by atoms with Crippen molar-refractivity contribution in [1.29, 1.82) is 0 Å². The van der Waals surface area contributed by atoms with Crippen molar-refractivity contribution in [2.75, 3.05) is 71.2 Å². The van der Waals surface area contributed by atoms with E-state index in [0.29, 0.717) is 31.5 Å². The molecule has 0 radical (unpaired) electrons. The number of aliphatic imine (C=N–C) groups is 1. The van der Waals surface area contributed by atoms with Gasteiger partial charge in [-0.2, -0.15) is 15.1 Å². The van der Waals surface area contributed by atoms with Gasteiger partial charge in [-0.25, -0.2) is 5.12 Å². The molecule has 3 aliphatic rings. The highest BCUT2D eigenvalue weighted by Crippen LogP contribution is 2.14. The fourth-order valence-electron chi connectivity index (χ4n) is 3.56. The average Bonchev–Trinajstić information content (AvgIpc) is 2.83. The van der Waals surface area contributed by atoms with Crippen LogP contribution < -0.4 is 10.9 Å². The lowest BCUT2D eigenvalue weighted by molar-refractivity contribution is -0.0808. The molecule has 10 heteroatoms. The lowest BCUT2D eigenvalue weighted by Crippen LogP contribution is -2.55. The number of hydrogen-bond acceptors (Lipinski definition) is 10. The minimum absolute atomic E-state index is 0.552. The number of rotatable bonds is 8. The van der Waals surface area contributed by atoms with E-state index in [1.807, 2.05) is 17.4 Å². The Morgan fingerprint density at radius 1 is 1.09 bits per heavy atom. The molecule has 1 aromatic rings. The smallest absolute Gasteiger partial charge is 0.235 e. The van der Waals surface area contributed by atoms with Gasteiger partial charge in [0.1, 0.15) is 12.8 Å². The summed E-state index contributed by atoms with van der Waals surface area (Å²) in [7, 11) is 0. The van der Waals surface area contributed by atoms with E-state index in [4.69, 9.17) is 14.2 Å². The molecule has 1 aromatic carbocycles. The molecule has 2 N–H and O–H groups in total. The molecule has 10 nitrogen and oxygen atoms in total. The first kappa shape index (κ1) is 22.5. The van der Waals surface area contributed by atoms with Crippen LogP contribution in [0.25, 0.3) is 0 Å². The SMILES string of the molecule is Cc1ccc(NN=CC2=NC(OCCN3CCOCC3)=CN(N3CCOCC3)N2)cc1C. The highest BCUT2D eigenvalue weighted by atomic mass is 16.5. The normalized spacial score (nSPS) is 20.6. The molecule has 3 heterocycles. The zero-order valence-electron chi connectivity index (χ0n) is 18.9. The fraction of sp³-hybridized carbons (Fsp3) is 0.545. The maximum absolute atomic E-state index is 6.00. The van der Waals surface area contributed by atoms with E-state index < -0.39 is 0 Å². The van der Waals surface area contributed by atoms with Crippen LogP contribution in [-0.4, -0.2) is 92.8 Å². The number of morpholine rings is 2. The summed E-state index contributed by atoms with van der Waals surface area (Å²) in [6.07, 6.45) is 3.54. The second-order valence-electron chi connectivity index (χ2n) is 7.96. The van der Waals surface area contributed by atoms with Gasteiger partial charge in [-0.15, -0.1) is 0 Å². The summed E-state index contributed by atoms with van der Waals surface area (Å²) in [5.74, 6) is 1.15. The largest absolute Gasteiger partial charge is 0.475 e. The van der Waals surface area contributed by atoms with Crippen LogP contribution in [0.4, 0.5) is 5.69 Å². The molecular weight excluding hydrogens is 410 g/mol. The molecule has 32 heavy (non-hydrogen) atoms. The summed E-state index contributed by atoms with van der Waals surface area (Å²) >= 11 is 0. The maximum Gasteiger partial charge on any atom is 0.235 e. The van der Waals surface area contributed by atoms with E-state index in [2.05, 4.69) is 56.8 Å². The first-order chi connectivity index (χ1) is 15.7. The second-order valence-corrected chi connectivity index (χ2v) is 7.96. The van der Waals surface area contributed by atoms with Crippen molar-refractivity contribution in [3.63, 3.8) is 0 Å². The Morgan fingerprint density at radius 3 is 2.59 bits per heavy atom. The number of hydrazone groups is 1. The van der Waals surface area contributed by atoms with Crippen LogP contribution in [0.5, 0.6) is 0 Å². The highest BCUT2D eigenvalue weighted by molar-refractivity contribution is 6.29. The number of hydrazine groups is 2. The van der Waals surface area contributed by atoms with Gasteiger partial charge in [-0.05, 0) is 37.1 Å². The van der Waals surface area contributed by atoms with Crippen LogP contribution in [0.15, 0.2) is 40.4 Å². The molecule has 174 valence electrons. The van der Waals surface area contributed by atoms with Gasteiger partial charge in [0.25, 0.3) is 0 Å². The Hall–Kier alpha value is -2.66. The molecule has 4 rings (SSSR count). The molecule has 0 amide bonds. The molecule has 0 aromatic heterocycles. The fourth-order valence-corrected chi connectivity index (χ4v) is 3.56. The molecule has 0 atom stereocenters. The van der Waals surface area contributed by atoms with Crippen molar-refractivity contribution in [3.05, 3.63) is 41.4 Å². The van der Waals surface area contributed by atoms with Crippen molar-refractivity contribution in [2.24, 2.45) is 10.1 Å². The minimum Gasteiger partial charge on any atom is -0.475 e. The van der Waals surface area contributed by atoms with E-state index in [9.17, 15) is 0 Å². The second kappa shape index (κ2) is 11.3. The van der Waals surface area contributed by atoms with Gasteiger partial charge in [-0.1, -0.05) is 6.07 Å². The van der Waals surface area contributed by atoms with Gasteiger partial charge in [0, 0.05) is 32.7 Å². The monoisotopic (exact) mass is 443 g/mol. The van der Waals surface area contributed by atoms with Crippen LogP contribution >= 0.6 is 0 Å². The molecular formula is C22H33N7O3. The van der Waals surface area contributed by atoms with Gasteiger partial charge in [0.2, 0.25) is 5.88 Å². The van der Waals surface area contributed by atoms with Crippen molar-refractivity contribution in [1.82, 2.24) is 20.5 Å². The van der Waals surface area contributed by atoms with Crippen molar-refractivity contribution in [2.45, 2.75) is 13.8 Å². The number of nitrogens with one attached hydrogen (secondary N) is 2. The van der Waals surface area contributed by atoms with E-state index in [1.165, 1.54) is 11.1 Å². The molecule has 3 aliphatic heterocycles. The summed E-state index contributed by atoms with van der Waals surface area (Å²) in [6.45, 7) is 12.0. The quantitative estimate of drug-likeness (QED) is 0.460. The highest BCUT2D eigenvalue weighted by Gasteiger charge is 2.21. The van der Waals surface area contributed by atoms with Crippen LogP contribution in [0.1, 0.15) is 11.1 Å². The molecule has 0 unspecified atom stereocenters. The number of aryl methyl sites for hydroxylation is 2. The third-order valence-corrected chi connectivity index (χ3v) is 5.63. The zero-order chi connectivity index (χ0) is 22.2. The third kappa shape index (κ3) is 6.42. The third-order valence-electron chi connectivity index (χ3n) is 5.63. The van der Waals surface area contributed by atoms with Crippen LogP contribution in [-0.2, 0) is 14.2 Å². The Bertz CT molecular complexity index is 846. The number of anilines is 1. The number of nitrogens with zero attached hydrogens (tertiary/aromatic N) is 5. The molecule has 0 bridgehead atoms. The van der Waals surface area contributed by atoms with Crippen molar-refractivity contribution < 1.29 is 14.2 Å².